The highest BCUT2D eigenvalue weighted by molar-refractivity contribution is 5.96. The van der Waals surface area contributed by atoms with Crippen LogP contribution < -0.4 is 10.6 Å². The number of amides is 2. The molecule has 0 aliphatic rings. The average Bonchev–Trinajstić information content (AvgIpc) is 2.52. The van der Waals surface area contributed by atoms with E-state index in [1.165, 1.54) is 0 Å². The van der Waals surface area contributed by atoms with E-state index in [-0.39, 0.29) is 23.8 Å². The summed E-state index contributed by atoms with van der Waals surface area (Å²) in [7, 11) is 0. The van der Waals surface area contributed by atoms with Crippen molar-refractivity contribution in [1.29, 1.82) is 0 Å². The van der Waals surface area contributed by atoms with Gasteiger partial charge in [-0.3, -0.25) is 9.59 Å². The lowest BCUT2D eigenvalue weighted by molar-refractivity contribution is -0.116. The van der Waals surface area contributed by atoms with Crippen molar-refractivity contribution < 1.29 is 14.7 Å². The molecule has 0 aliphatic carbocycles. The molecular weight excluding hydrogens is 316 g/mol. The molecule has 1 aromatic carbocycles. The summed E-state index contributed by atoms with van der Waals surface area (Å²) in [5.41, 5.74) is 2.08. The maximum atomic E-state index is 12.2. The predicted octanol–water partition coefficient (Wildman–Crippen LogP) is 3.51. The lowest BCUT2D eigenvalue weighted by Crippen LogP contribution is -2.26. The summed E-state index contributed by atoms with van der Waals surface area (Å²) in [5, 5.41) is 15.0. The fourth-order valence-electron chi connectivity index (χ4n) is 2.47. The zero-order valence-electron chi connectivity index (χ0n) is 16.1. The van der Waals surface area contributed by atoms with Crippen LogP contribution in [0.3, 0.4) is 0 Å². The van der Waals surface area contributed by atoms with Gasteiger partial charge in [-0.15, -0.1) is 0 Å². The fraction of sp³-hybridized carbons (Fsp3) is 0.600. The van der Waals surface area contributed by atoms with Gasteiger partial charge in [0, 0.05) is 30.8 Å². The van der Waals surface area contributed by atoms with E-state index in [9.17, 15) is 14.7 Å². The number of rotatable bonds is 9. The van der Waals surface area contributed by atoms with Crippen LogP contribution in [-0.4, -0.2) is 30.1 Å². The van der Waals surface area contributed by atoms with E-state index in [1.54, 1.807) is 18.2 Å². The number of aliphatic hydroxyl groups is 1. The SMILES string of the molecule is Cc1cc(C(=O)NCCCC(C)(C)CO)ccc1NC(=O)CC(C)C. The molecule has 0 radical (unpaired) electrons. The zero-order valence-corrected chi connectivity index (χ0v) is 16.1. The van der Waals surface area contributed by atoms with Crippen molar-refractivity contribution in [3.8, 4) is 0 Å². The van der Waals surface area contributed by atoms with Crippen LogP contribution in [0.15, 0.2) is 18.2 Å². The maximum Gasteiger partial charge on any atom is 0.251 e. The summed E-state index contributed by atoms with van der Waals surface area (Å²) in [4.78, 5) is 24.1. The third-order valence-corrected chi connectivity index (χ3v) is 4.10. The van der Waals surface area contributed by atoms with E-state index in [0.717, 1.165) is 24.1 Å². The number of aryl methyl sites for hydroxylation is 1. The molecular formula is C20H32N2O3. The van der Waals surface area contributed by atoms with E-state index >= 15 is 0 Å². The summed E-state index contributed by atoms with van der Waals surface area (Å²) in [6.45, 7) is 10.6. The molecule has 0 spiro atoms. The van der Waals surface area contributed by atoms with Crippen LogP contribution in [0.25, 0.3) is 0 Å². The largest absolute Gasteiger partial charge is 0.396 e. The molecule has 0 aliphatic heterocycles. The van der Waals surface area contributed by atoms with Crippen LogP contribution in [0.5, 0.6) is 0 Å². The van der Waals surface area contributed by atoms with Crippen molar-refractivity contribution in [2.45, 2.75) is 53.9 Å². The Morgan fingerprint density at radius 2 is 1.92 bits per heavy atom. The van der Waals surface area contributed by atoms with Gasteiger partial charge in [0.05, 0.1) is 0 Å². The van der Waals surface area contributed by atoms with Crippen LogP contribution in [0.4, 0.5) is 5.69 Å². The van der Waals surface area contributed by atoms with Crippen molar-refractivity contribution in [2.75, 3.05) is 18.5 Å². The van der Waals surface area contributed by atoms with Gasteiger partial charge in [-0.1, -0.05) is 27.7 Å². The minimum atomic E-state index is -0.120. The molecule has 2 amide bonds. The van der Waals surface area contributed by atoms with E-state index in [2.05, 4.69) is 10.6 Å². The zero-order chi connectivity index (χ0) is 19.0. The van der Waals surface area contributed by atoms with Crippen molar-refractivity contribution >= 4 is 17.5 Å². The molecule has 25 heavy (non-hydrogen) atoms. The van der Waals surface area contributed by atoms with E-state index in [1.807, 2.05) is 34.6 Å². The number of nitrogens with one attached hydrogen (secondary N) is 2. The Bertz CT molecular complexity index is 595. The molecule has 5 heteroatoms. The van der Waals surface area contributed by atoms with Gasteiger partial charge in [0.25, 0.3) is 5.91 Å². The number of hydrogen-bond acceptors (Lipinski definition) is 3. The monoisotopic (exact) mass is 348 g/mol. The highest BCUT2D eigenvalue weighted by atomic mass is 16.3. The van der Waals surface area contributed by atoms with Crippen molar-refractivity contribution in [1.82, 2.24) is 5.32 Å². The first-order valence-electron chi connectivity index (χ1n) is 8.94. The standard InChI is InChI=1S/C20H32N2O3/c1-14(2)11-18(24)22-17-8-7-16(12-15(17)3)19(25)21-10-6-9-20(4,5)13-23/h7-8,12,14,23H,6,9-11,13H2,1-5H3,(H,21,25)(H,22,24). The summed E-state index contributed by atoms with van der Waals surface area (Å²) in [6, 6.07) is 5.29. The Balaban J connectivity index is 2.55. The Morgan fingerprint density at radius 1 is 1.24 bits per heavy atom. The van der Waals surface area contributed by atoms with Gasteiger partial charge in [0.15, 0.2) is 0 Å². The number of carbonyl (C=O) groups excluding carboxylic acids is 2. The second-order valence-corrected chi connectivity index (χ2v) is 7.86. The van der Waals surface area contributed by atoms with Crippen LogP contribution in [0.2, 0.25) is 0 Å². The van der Waals surface area contributed by atoms with Gasteiger partial charge in [0.2, 0.25) is 5.91 Å². The number of carbonyl (C=O) groups is 2. The maximum absolute atomic E-state index is 12.2. The highest BCUT2D eigenvalue weighted by Gasteiger charge is 2.16. The second-order valence-electron chi connectivity index (χ2n) is 7.86. The third kappa shape index (κ3) is 7.69. The molecule has 1 aromatic rings. The minimum absolute atomic E-state index is 0.0122. The van der Waals surface area contributed by atoms with E-state index < -0.39 is 0 Å². The molecule has 0 heterocycles. The lowest BCUT2D eigenvalue weighted by Gasteiger charge is -2.21. The first-order valence-corrected chi connectivity index (χ1v) is 8.94. The van der Waals surface area contributed by atoms with Crippen molar-refractivity contribution in [3.63, 3.8) is 0 Å². The molecule has 1 rings (SSSR count). The minimum Gasteiger partial charge on any atom is -0.396 e. The molecule has 0 fully saturated rings. The molecule has 0 unspecified atom stereocenters. The molecule has 0 aromatic heterocycles. The number of hydrogen-bond donors (Lipinski definition) is 3. The molecule has 0 saturated heterocycles. The second kappa shape index (κ2) is 9.56. The van der Waals surface area contributed by atoms with Crippen LogP contribution in [-0.2, 0) is 4.79 Å². The Labute approximate surface area is 151 Å². The number of anilines is 1. The van der Waals surface area contributed by atoms with Crippen LogP contribution in [0.1, 0.15) is 62.9 Å². The summed E-state index contributed by atoms with van der Waals surface area (Å²) >= 11 is 0. The number of benzene rings is 1. The van der Waals surface area contributed by atoms with Crippen molar-refractivity contribution in [3.05, 3.63) is 29.3 Å². The summed E-state index contributed by atoms with van der Waals surface area (Å²) < 4.78 is 0. The molecule has 0 saturated carbocycles. The first-order chi connectivity index (χ1) is 11.6. The molecule has 0 bridgehead atoms. The lowest BCUT2D eigenvalue weighted by atomic mass is 9.89. The quantitative estimate of drug-likeness (QED) is 0.598. The topological polar surface area (TPSA) is 78.4 Å². The molecule has 0 atom stereocenters. The van der Waals surface area contributed by atoms with Crippen molar-refractivity contribution in [2.24, 2.45) is 11.3 Å². The third-order valence-electron chi connectivity index (χ3n) is 4.10. The van der Waals surface area contributed by atoms with Gasteiger partial charge in [-0.25, -0.2) is 0 Å². The summed E-state index contributed by atoms with van der Waals surface area (Å²) in [5.74, 6) is 0.174. The Morgan fingerprint density at radius 3 is 2.48 bits per heavy atom. The van der Waals surface area contributed by atoms with Gasteiger partial charge >= 0.3 is 0 Å². The van der Waals surface area contributed by atoms with Gasteiger partial charge in [0.1, 0.15) is 0 Å². The smallest absolute Gasteiger partial charge is 0.251 e. The van der Waals surface area contributed by atoms with Gasteiger partial charge in [-0.2, -0.15) is 0 Å². The fourth-order valence-corrected chi connectivity index (χ4v) is 2.47. The average molecular weight is 348 g/mol. The molecule has 3 N–H and O–H groups in total. The summed E-state index contributed by atoms with van der Waals surface area (Å²) in [6.07, 6.45) is 2.15. The van der Waals surface area contributed by atoms with Gasteiger partial charge < -0.3 is 15.7 Å². The van der Waals surface area contributed by atoms with E-state index in [0.29, 0.717) is 24.4 Å². The predicted molar refractivity (Wildman–Crippen MR) is 102 cm³/mol. The van der Waals surface area contributed by atoms with Crippen LogP contribution >= 0.6 is 0 Å². The van der Waals surface area contributed by atoms with Crippen LogP contribution in [0, 0.1) is 18.3 Å². The highest BCUT2D eigenvalue weighted by Crippen LogP contribution is 2.21. The number of aliphatic hydroxyl groups excluding tert-OH is 1. The van der Waals surface area contributed by atoms with Gasteiger partial charge in [-0.05, 0) is 54.9 Å². The van der Waals surface area contributed by atoms with E-state index in [4.69, 9.17) is 0 Å². The molecule has 140 valence electrons. The Hall–Kier alpha value is -1.88. The molecule has 5 nitrogen and oxygen atoms in total. The first kappa shape index (κ1) is 21.2. The normalized spacial score (nSPS) is 11.5. The Kier molecular flexibility index (Phi) is 8.10.